The summed E-state index contributed by atoms with van der Waals surface area (Å²) < 4.78 is 15.6. The topological polar surface area (TPSA) is 82.9 Å². The van der Waals surface area contributed by atoms with Gasteiger partial charge in [-0.05, 0) is 49.9 Å². The number of aliphatic imine (C=N–C) groups is 1. The van der Waals surface area contributed by atoms with Crippen LogP contribution in [0.25, 0.3) is 10.9 Å². The number of rotatable bonds is 6. The number of halogens is 2. The van der Waals surface area contributed by atoms with Gasteiger partial charge in [0.15, 0.2) is 11.8 Å². The summed E-state index contributed by atoms with van der Waals surface area (Å²) in [7, 11) is 1.95. The lowest BCUT2D eigenvalue weighted by Gasteiger charge is -2.17. The zero-order chi connectivity index (χ0) is 20.2. The van der Waals surface area contributed by atoms with Crippen molar-refractivity contribution in [2.24, 2.45) is 12.0 Å². The van der Waals surface area contributed by atoms with Crippen molar-refractivity contribution < 1.29 is 4.39 Å². The van der Waals surface area contributed by atoms with Gasteiger partial charge >= 0.3 is 0 Å². The molecule has 0 spiro atoms. The molecule has 0 amide bonds. The van der Waals surface area contributed by atoms with Crippen LogP contribution in [-0.2, 0) is 20.0 Å². The molecule has 1 aliphatic rings. The van der Waals surface area contributed by atoms with Crippen molar-refractivity contribution in [2.75, 3.05) is 6.54 Å². The van der Waals surface area contributed by atoms with E-state index in [0.717, 1.165) is 40.5 Å². The first-order valence-electron chi connectivity index (χ1n) is 10.3. The van der Waals surface area contributed by atoms with Crippen molar-refractivity contribution >= 4 is 40.8 Å². The zero-order valence-electron chi connectivity index (χ0n) is 17.4. The second-order valence-corrected chi connectivity index (χ2v) is 7.69. The van der Waals surface area contributed by atoms with Crippen LogP contribution in [0.3, 0.4) is 0 Å². The van der Waals surface area contributed by atoms with Crippen LogP contribution in [0.15, 0.2) is 29.4 Å². The van der Waals surface area contributed by atoms with Gasteiger partial charge in [0, 0.05) is 36.7 Å². The minimum absolute atomic E-state index is 0. The van der Waals surface area contributed by atoms with E-state index in [4.69, 9.17) is 4.99 Å². The number of nitrogens with zero attached hydrogens (tertiary/aromatic N) is 4. The highest BCUT2D eigenvalue weighted by Crippen LogP contribution is 2.20. The fraction of sp³-hybridized carbons (Fsp3) is 0.476. The quantitative estimate of drug-likeness (QED) is 0.261. The Hall–Kier alpha value is -2.17. The molecule has 0 unspecified atom stereocenters. The summed E-state index contributed by atoms with van der Waals surface area (Å²) in [5, 5.41) is 16.2. The summed E-state index contributed by atoms with van der Waals surface area (Å²) in [6.45, 7) is 3.11. The molecule has 4 rings (SSSR count). The van der Waals surface area contributed by atoms with Gasteiger partial charge in [-0.2, -0.15) is 0 Å². The van der Waals surface area contributed by atoms with Crippen LogP contribution in [0.5, 0.6) is 0 Å². The molecule has 9 heteroatoms. The first-order chi connectivity index (χ1) is 14.1. The standard InChI is InChI=1S/C21H28FN7.HI/c1-14-27-28-20(29(14)2)13-25-21(26-17-5-3-4-6-17)23-10-9-15-12-24-19-8-7-16(22)11-18(15)19;/h7-8,11-12,17,24H,3-6,9-10,13H2,1-2H3,(H2,23,25,26);1H. The summed E-state index contributed by atoms with van der Waals surface area (Å²) in [6, 6.07) is 5.30. The molecule has 1 aliphatic carbocycles. The van der Waals surface area contributed by atoms with Crippen molar-refractivity contribution in [2.45, 2.75) is 51.6 Å². The lowest BCUT2D eigenvalue weighted by atomic mass is 10.1. The number of fused-ring (bicyclic) bond motifs is 1. The molecule has 7 nitrogen and oxygen atoms in total. The van der Waals surface area contributed by atoms with Gasteiger partial charge in [0.05, 0.1) is 0 Å². The average Bonchev–Trinajstić information content (AvgIpc) is 3.43. The average molecular weight is 525 g/mol. The molecule has 1 saturated carbocycles. The molecule has 2 aromatic heterocycles. The van der Waals surface area contributed by atoms with Crippen LogP contribution in [0.2, 0.25) is 0 Å². The Bertz CT molecular complexity index is 1000. The Balaban J connectivity index is 0.00000256. The molecule has 0 saturated heterocycles. The van der Waals surface area contributed by atoms with E-state index < -0.39 is 0 Å². The maximum absolute atomic E-state index is 13.6. The van der Waals surface area contributed by atoms with Gasteiger partial charge in [0.1, 0.15) is 18.2 Å². The summed E-state index contributed by atoms with van der Waals surface area (Å²) in [5.41, 5.74) is 2.05. The van der Waals surface area contributed by atoms with Crippen molar-refractivity contribution in [1.29, 1.82) is 0 Å². The molecule has 0 aliphatic heterocycles. The van der Waals surface area contributed by atoms with Gasteiger partial charge in [0.2, 0.25) is 0 Å². The molecule has 30 heavy (non-hydrogen) atoms. The molecule has 1 fully saturated rings. The number of guanidine groups is 1. The Morgan fingerprint density at radius 3 is 2.83 bits per heavy atom. The van der Waals surface area contributed by atoms with E-state index >= 15 is 0 Å². The van der Waals surface area contributed by atoms with Gasteiger partial charge in [0.25, 0.3) is 0 Å². The predicted octanol–water partition coefficient (Wildman–Crippen LogP) is 3.58. The molecule has 2 heterocycles. The van der Waals surface area contributed by atoms with E-state index in [-0.39, 0.29) is 29.8 Å². The molecular formula is C21H29FIN7. The zero-order valence-corrected chi connectivity index (χ0v) is 19.7. The number of hydrogen-bond acceptors (Lipinski definition) is 3. The highest BCUT2D eigenvalue weighted by atomic mass is 127. The minimum Gasteiger partial charge on any atom is -0.361 e. The summed E-state index contributed by atoms with van der Waals surface area (Å²) in [5.74, 6) is 2.29. The Morgan fingerprint density at radius 1 is 1.30 bits per heavy atom. The van der Waals surface area contributed by atoms with E-state index in [1.165, 1.54) is 31.7 Å². The minimum atomic E-state index is -0.213. The highest BCUT2D eigenvalue weighted by Gasteiger charge is 2.16. The van der Waals surface area contributed by atoms with Crippen molar-refractivity contribution in [3.63, 3.8) is 0 Å². The van der Waals surface area contributed by atoms with Crippen LogP contribution in [0, 0.1) is 12.7 Å². The first kappa shape index (κ1) is 22.5. The summed E-state index contributed by atoms with van der Waals surface area (Å²) >= 11 is 0. The molecular weight excluding hydrogens is 496 g/mol. The van der Waals surface area contributed by atoms with Crippen LogP contribution >= 0.6 is 24.0 Å². The van der Waals surface area contributed by atoms with Gasteiger partial charge in [-0.15, -0.1) is 34.2 Å². The number of aromatic amines is 1. The first-order valence-corrected chi connectivity index (χ1v) is 10.3. The lowest BCUT2D eigenvalue weighted by Crippen LogP contribution is -2.43. The van der Waals surface area contributed by atoms with E-state index in [9.17, 15) is 4.39 Å². The van der Waals surface area contributed by atoms with Crippen LogP contribution in [-0.4, -0.2) is 38.3 Å². The molecule has 0 radical (unpaired) electrons. The predicted molar refractivity (Wildman–Crippen MR) is 128 cm³/mol. The number of benzene rings is 1. The maximum Gasteiger partial charge on any atom is 0.191 e. The van der Waals surface area contributed by atoms with Gasteiger partial charge in [-0.1, -0.05) is 12.8 Å². The number of aryl methyl sites for hydroxylation is 1. The third kappa shape index (κ3) is 5.30. The lowest BCUT2D eigenvalue weighted by molar-refractivity contribution is 0.610. The number of H-pyrrole nitrogens is 1. The maximum atomic E-state index is 13.6. The molecule has 3 aromatic rings. The van der Waals surface area contributed by atoms with Crippen molar-refractivity contribution in [3.8, 4) is 0 Å². The van der Waals surface area contributed by atoms with Gasteiger partial charge in [-0.25, -0.2) is 9.38 Å². The van der Waals surface area contributed by atoms with Crippen LogP contribution < -0.4 is 10.6 Å². The summed E-state index contributed by atoms with van der Waals surface area (Å²) in [4.78, 5) is 7.94. The number of nitrogens with one attached hydrogen (secondary N) is 3. The second kappa shape index (κ2) is 10.2. The fourth-order valence-electron chi connectivity index (χ4n) is 3.83. The van der Waals surface area contributed by atoms with Gasteiger partial charge < -0.3 is 20.2 Å². The van der Waals surface area contributed by atoms with E-state index in [0.29, 0.717) is 19.1 Å². The Morgan fingerprint density at radius 2 is 2.10 bits per heavy atom. The highest BCUT2D eigenvalue weighted by molar-refractivity contribution is 14.0. The molecule has 0 atom stereocenters. The number of aromatic nitrogens is 4. The van der Waals surface area contributed by atoms with Crippen molar-refractivity contribution in [3.05, 3.63) is 47.4 Å². The van der Waals surface area contributed by atoms with Crippen LogP contribution in [0.1, 0.15) is 42.9 Å². The SMILES string of the molecule is Cc1nnc(CN=C(NCCc2c[nH]c3ccc(F)cc23)NC2CCCC2)n1C.I. The van der Waals surface area contributed by atoms with Crippen molar-refractivity contribution in [1.82, 2.24) is 30.4 Å². The summed E-state index contributed by atoms with van der Waals surface area (Å²) in [6.07, 6.45) is 7.59. The molecule has 0 bridgehead atoms. The third-order valence-corrected chi connectivity index (χ3v) is 5.67. The largest absolute Gasteiger partial charge is 0.361 e. The Kier molecular flexibility index (Phi) is 7.68. The van der Waals surface area contributed by atoms with E-state index in [1.54, 1.807) is 12.1 Å². The monoisotopic (exact) mass is 525 g/mol. The third-order valence-electron chi connectivity index (χ3n) is 5.67. The normalized spacial score (nSPS) is 14.8. The second-order valence-electron chi connectivity index (χ2n) is 7.69. The fourth-order valence-corrected chi connectivity index (χ4v) is 3.83. The molecule has 1 aromatic carbocycles. The Labute approximate surface area is 193 Å². The smallest absolute Gasteiger partial charge is 0.191 e. The van der Waals surface area contributed by atoms with Gasteiger partial charge in [-0.3, -0.25) is 0 Å². The number of hydrogen-bond donors (Lipinski definition) is 3. The molecule has 162 valence electrons. The van der Waals surface area contributed by atoms with Crippen LogP contribution in [0.4, 0.5) is 4.39 Å². The molecule has 3 N–H and O–H groups in total. The van der Waals surface area contributed by atoms with E-state index in [2.05, 4.69) is 25.8 Å². The van der Waals surface area contributed by atoms with E-state index in [1.807, 2.05) is 24.7 Å².